The molecule has 1 aliphatic heterocycles. The molecule has 0 aliphatic carbocycles. The first-order valence-electron chi connectivity index (χ1n) is 8.35. The van der Waals surface area contributed by atoms with Crippen LogP contribution in [0.4, 0.5) is 14.5 Å². The number of benzene rings is 2. The Morgan fingerprint density at radius 2 is 2.07 bits per heavy atom. The summed E-state index contributed by atoms with van der Waals surface area (Å²) in [7, 11) is 3.21. The lowest BCUT2D eigenvalue weighted by atomic mass is 9.97. The molecule has 0 saturated heterocycles. The summed E-state index contributed by atoms with van der Waals surface area (Å²) in [6.07, 6.45) is 0.817. The molecule has 0 saturated carbocycles. The van der Waals surface area contributed by atoms with Crippen LogP contribution in [0.1, 0.15) is 17.3 Å². The van der Waals surface area contributed by atoms with Gasteiger partial charge in [0, 0.05) is 34.8 Å². The third kappa shape index (κ3) is 2.62. The van der Waals surface area contributed by atoms with Crippen LogP contribution in [0.3, 0.4) is 0 Å². The lowest BCUT2D eigenvalue weighted by Gasteiger charge is -2.16. The Kier molecular flexibility index (Phi) is 4.04. The maximum absolute atomic E-state index is 14.8. The summed E-state index contributed by atoms with van der Waals surface area (Å²) in [5.74, 6) is -0.813. The standard InChI is InChI=1S/C20H17F2N3O2/c1-25-8-15-18(16(25)9-26)19(23)13-3-4-14(22)17(20(13)24-15)10-5-11(21)7-12(6-10)27-2/h3-7,9,16H,8H2,1-2H3,(H2,23,24). The Hall–Kier alpha value is -3.06. The number of ether oxygens (including phenoxy) is 1. The van der Waals surface area contributed by atoms with Gasteiger partial charge in [-0.15, -0.1) is 0 Å². The number of carbonyl (C=O) groups is 1. The van der Waals surface area contributed by atoms with Crippen LogP contribution in [-0.4, -0.2) is 30.3 Å². The number of hydrogen-bond acceptors (Lipinski definition) is 5. The number of pyridine rings is 1. The molecule has 7 heteroatoms. The predicted molar refractivity (Wildman–Crippen MR) is 98.3 cm³/mol. The molecule has 4 rings (SSSR count). The smallest absolute Gasteiger partial charge is 0.141 e. The molecule has 0 spiro atoms. The van der Waals surface area contributed by atoms with Gasteiger partial charge in [0.25, 0.3) is 0 Å². The van der Waals surface area contributed by atoms with Gasteiger partial charge in [0.2, 0.25) is 0 Å². The first kappa shape index (κ1) is 17.4. The van der Waals surface area contributed by atoms with E-state index in [1.807, 2.05) is 4.90 Å². The molecule has 27 heavy (non-hydrogen) atoms. The summed E-state index contributed by atoms with van der Waals surface area (Å²) in [4.78, 5) is 17.9. The molecule has 1 atom stereocenters. The van der Waals surface area contributed by atoms with Crippen LogP contribution in [0.5, 0.6) is 5.75 Å². The van der Waals surface area contributed by atoms with Crippen LogP contribution in [0.2, 0.25) is 0 Å². The molecule has 2 heterocycles. The van der Waals surface area contributed by atoms with E-state index in [1.165, 1.54) is 31.4 Å². The maximum atomic E-state index is 14.8. The molecule has 138 valence electrons. The topological polar surface area (TPSA) is 68.5 Å². The number of nitrogens with zero attached hydrogens (tertiary/aromatic N) is 2. The van der Waals surface area contributed by atoms with Gasteiger partial charge >= 0.3 is 0 Å². The van der Waals surface area contributed by atoms with Crippen LogP contribution >= 0.6 is 0 Å². The van der Waals surface area contributed by atoms with E-state index in [2.05, 4.69) is 4.98 Å². The molecule has 1 unspecified atom stereocenters. The number of rotatable bonds is 3. The van der Waals surface area contributed by atoms with Gasteiger partial charge in [-0.1, -0.05) is 0 Å². The van der Waals surface area contributed by atoms with Gasteiger partial charge in [-0.2, -0.15) is 0 Å². The molecule has 0 bridgehead atoms. The van der Waals surface area contributed by atoms with Gasteiger partial charge in [0.15, 0.2) is 0 Å². The van der Waals surface area contributed by atoms with Crippen molar-refractivity contribution in [1.82, 2.24) is 9.88 Å². The first-order valence-corrected chi connectivity index (χ1v) is 8.35. The number of fused-ring (bicyclic) bond motifs is 2. The van der Waals surface area contributed by atoms with E-state index in [-0.39, 0.29) is 11.3 Å². The number of halogens is 2. The van der Waals surface area contributed by atoms with Crippen molar-refractivity contribution in [3.63, 3.8) is 0 Å². The summed E-state index contributed by atoms with van der Waals surface area (Å²) in [6, 6.07) is 6.31. The Balaban J connectivity index is 2.05. The lowest BCUT2D eigenvalue weighted by Crippen LogP contribution is -2.17. The average molecular weight is 369 g/mol. The van der Waals surface area contributed by atoms with Gasteiger partial charge < -0.3 is 15.3 Å². The van der Waals surface area contributed by atoms with Crippen molar-refractivity contribution >= 4 is 22.9 Å². The number of methoxy groups -OCH3 is 1. The number of aromatic nitrogens is 1. The van der Waals surface area contributed by atoms with E-state index in [0.29, 0.717) is 40.0 Å². The van der Waals surface area contributed by atoms with E-state index in [9.17, 15) is 13.6 Å². The fraction of sp³-hybridized carbons (Fsp3) is 0.200. The van der Waals surface area contributed by atoms with Crippen molar-refractivity contribution in [2.45, 2.75) is 12.6 Å². The fourth-order valence-electron chi connectivity index (χ4n) is 3.67. The van der Waals surface area contributed by atoms with Crippen molar-refractivity contribution < 1.29 is 18.3 Å². The Bertz CT molecular complexity index is 1080. The largest absolute Gasteiger partial charge is 0.497 e. The van der Waals surface area contributed by atoms with Crippen molar-refractivity contribution in [2.75, 3.05) is 19.9 Å². The SMILES string of the molecule is COc1cc(F)cc(-c2c(F)ccc3c(N)c4c(nc23)CN(C)C4C=O)c1. The second-order valence-corrected chi connectivity index (χ2v) is 6.58. The third-order valence-corrected chi connectivity index (χ3v) is 4.96. The zero-order valence-electron chi connectivity index (χ0n) is 14.8. The Morgan fingerprint density at radius 1 is 1.30 bits per heavy atom. The highest BCUT2D eigenvalue weighted by Gasteiger charge is 2.32. The number of anilines is 1. The van der Waals surface area contributed by atoms with Crippen molar-refractivity contribution in [3.05, 3.63) is 53.2 Å². The molecule has 1 aliphatic rings. The van der Waals surface area contributed by atoms with Crippen LogP contribution in [0, 0.1) is 11.6 Å². The third-order valence-electron chi connectivity index (χ3n) is 4.96. The maximum Gasteiger partial charge on any atom is 0.141 e. The number of nitrogens with two attached hydrogens (primary N) is 1. The summed E-state index contributed by atoms with van der Waals surface area (Å²) in [5, 5.41) is 0.524. The summed E-state index contributed by atoms with van der Waals surface area (Å²) >= 11 is 0. The molecule has 3 aromatic rings. The van der Waals surface area contributed by atoms with Crippen LogP contribution < -0.4 is 10.5 Å². The second kappa shape index (κ2) is 6.28. The van der Waals surface area contributed by atoms with Crippen LogP contribution in [0.25, 0.3) is 22.0 Å². The number of carbonyl (C=O) groups excluding carboxylic acids is 1. The second-order valence-electron chi connectivity index (χ2n) is 6.58. The zero-order chi connectivity index (χ0) is 19.3. The zero-order valence-corrected chi connectivity index (χ0v) is 14.8. The monoisotopic (exact) mass is 369 g/mol. The minimum absolute atomic E-state index is 0.150. The minimum atomic E-state index is -0.546. The highest BCUT2D eigenvalue weighted by atomic mass is 19.1. The molecule has 0 fully saturated rings. The predicted octanol–water partition coefficient (Wildman–Crippen LogP) is 3.46. The molecular formula is C20H17F2N3O2. The van der Waals surface area contributed by atoms with E-state index in [4.69, 9.17) is 10.5 Å². The molecule has 0 radical (unpaired) electrons. The average Bonchev–Trinajstić information content (AvgIpc) is 2.96. The highest BCUT2D eigenvalue weighted by Crippen LogP contribution is 2.41. The van der Waals surface area contributed by atoms with E-state index >= 15 is 0 Å². The van der Waals surface area contributed by atoms with Crippen LogP contribution in [-0.2, 0) is 11.3 Å². The summed E-state index contributed by atoms with van der Waals surface area (Å²) in [6.45, 7) is 0.418. The molecule has 2 N–H and O–H groups in total. The molecule has 2 aromatic carbocycles. The van der Waals surface area contributed by atoms with Crippen LogP contribution in [0.15, 0.2) is 30.3 Å². The number of nitrogen functional groups attached to an aromatic ring is 1. The van der Waals surface area contributed by atoms with Crippen molar-refractivity contribution in [2.24, 2.45) is 0 Å². The number of likely N-dealkylation sites (N-methyl/N-ethyl adjacent to an activating group) is 1. The highest BCUT2D eigenvalue weighted by molar-refractivity contribution is 6.02. The summed E-state index contributed by atoms with van der Waals surface area (Å²) in [5.41, 5.74) is 8.78. The van der Waals surface area contributed by atoms with Gasteiger partial charge in [-0.05, 0) is 36.9 Å². The van der Waals surface area contributed by atoms with Crippen molar-refractivity contribution in [3.8, 4) is 16.9 Å². The van der Waals surface area contributed by atoms with Gasteiger partial charge in [-0.3, -0.25) is 9.88 Å². The lowest BCUT2D eigenvalue weighted by molar-refractivity contribution is -0.111. The first-order chi connectivity index (χ1) is 12.9. The van der Waals surface area contributed by atoms with Gasteiger partial charge in [0.05, 0.1) is 24.4 Å². The van der Waals surface area contributed by atoms with Gasteiger partial charge in [-0.25, -0.2) is 8.78 Å². The van der Waals surface area contributed by atoms with E-state index in [0.717, 1.165) is 6.29 Å². The Morgan fingerprint density at radius 3 is 2.78 bits per heavy atom. The van der Waals surface area contributed by atoms with E-state index in [1.54, 1.807) is 13.1 Å². The molecule has 5 nitrogen and oxygen atoms in total. The molecule has 1 aromatic heterocycles. The molecular weight excluding hydrogens is 352 g/mol. The van der Waals surface area contributed by atoms with E-state index < -0.39 is 17.7 Å². The van der Waals surface area contributed by atoms with Gasteiger partial charge in [0.1, 0.15) is 23.7 Å². The van der Waals surface area contributed by atoms with Crippen molar-refractivity contribution in [1.29, 1.82) is 0 Å². The normalized spacial score (nSPS) is 16.5. The Labute approximate surface area is 154 Å². The minimum Gasteiger partial charge on any atom is -0.497 e. The summed E-state index contributed by atoms with van der Waals surface area (Å²) < 4.78 is 33.8. The quantitative estimate of drug-likeness (QED) is 0.716. The molecule has 0 amide bonds. The number of aldehydes is 1. The fourth-order valence-corrected chi connectivity index (χ4v) is 3.67. The number of hydrogen-bond donors (Lipinski definition) is 1.